The third-order valence-electron chi connectivity index (χ3n) is 10.9. The molecule has 8 rings (SSSR count). The first-order chi connectivity index (χ1) is 15.1. The maximum Gasteiger partial charge on any atom is 0.194 e. The van der Waals surface area contributed by atoms with E-state index in [1.165, 1.54) is 17.7 Å². The minimum atomic E-state index is -0.319. The van der Waals surface area contributed by atoms with Crippen LogP contribution in [0.4, 0.5) is 5.69 Å². The second-order valence-electron chi connectivity index (χ2n) is 11.5. The molecule has 2 N–H and O–H groups in total. The Balaban J connectivity index is 1.42. The van der Waals surface area contributed by atoms with Gasteiger partial charge in [-0.15, -0.1) is 0 Å². The Morgan fingerprint density at radius 2 is 2.03 bits per heavy atom. The van der Waals surface area contributed by atoms with Gasteiger partial charge in [0.15, 0.2) is 6.23 Å². The monoisotopic (exact) mass is 425 g/mol. The number of benzene rings is 1. The van der Waals surface area contributed by atoms with Crippen LogP contribution in [0.2, 0.25) is 0 Å². The van der Waals surface area contributed by atoms with E-state index in [9.17, 15) is 10.2 Å². The highest BCUT2D eigenvalue weighted by Gasteiger charge is 2.83. The highest BCUT2D eigenvalue weighted by atomic mass is 16.5. The molecule has 1 aromatic rings. The average molecular weight is 426 g/mol. The third kappa shape index (κ3) is 2.01. The van der Waals surface area contributed by atoms with Crippen LogP contribution < -0.4 is 4.90 Å². The van der Waals surface area contributed by atoms with Gasteiger partial charge in [0.1, 0.15) is 18.7 Å². The predicted molar refractivity (Wildman–Crippen MR) is 119 cm³/mol. The number of aliphatic hydroxyl groups is 2. The normalized spacial score (nSPS) is 53.7. The number of piperidine rings is 4. The van der Waals surface area contributed by atoms with Gasteiger partial charge in [-0.1, -0.05) is 25.1 Å². The summed E-state index contributed by atoms with van der Waals surface area (Å²) in [4.78, 5) is 2.48. The number of quaternary nitrogens is 1. The number of hydrogen-bond donors (Lipinski definition) is 2. The van der Waals surface area contributed by atoms with E-state index < -0.39 is 0 Å². The first kappa shape index (κ1) is 19.3. The molecule has 0 aromatic heterocycles. The number of likely N-dealkylation sites (N-methyl/N-ethyl adjacent to an activating group) is 1. The number of hydrogen-bond acceptors (Lipinski definition) is 4. The number of ether oxygens (including phenoxy) is 1. The Morgan fingerprint density at radius 3 is 2.81 bits per heavy atom. The van der Waals surface area contributed by atoms with Crippen molar-refractivity contribution >= 4 is 5.69 Å². The van der Waals surface area contributed by atoms with Crippen LogP contribution in [0.5, 0.6) is 0 Å². The first-order valence-electron chi connectivity index (χ1n) is 12.7. The van der Waals surface area contributed by atoms with Gasteiger partial charge in [0.2, 0.25) is 0 Å². The van der Waals surface area contributed by atoms with Gasteiger partial charge in [-0.2, -0.15) is 0 Å². The molecule has 5 heteroatoms. The number of para-hydroxylation sites is 1. The number of nitrogens with zero attached hydrogens (tertiary/aromatic N) is 2. The van der Waals surface area contributed by atoms with E-state index in [2.05, 4.69) is 43.1 Å². The van der Waals surface area contributed by atoms with Gasteiger partial charge in [-0.05, 0) is 43.2 Å². The summed E-state index contributed by atoms with van der Waals surface area (Å²) in [6.45, 7) is 4.03. The van der Waals surface area contributed by atoms with Gasteiger partial charge >= 0.3 is 0 Å². The summed E-state index contributed by atoms with van der Waals surface area (Å²) in [6, 6.07) is 9.80. The van der Waals surface area contributed by atoms with Crippen LogP contribution in [0.3, 0.4) is 0 Å². The van der Waals surface area contributed by atoms with Crippen molar-refractivity contribution in [3.05, 3.63) is 29.8 Å². The van der Waals surface area contributed by atoms with Crippen molar-refractivity contribution in [3.8, 4) is 0 Å². The fourth-order valence-corrected chi connectivity index (χ4v) is 10.1. The minimum Gasteiger partial charge on any atom is -0.392 e. The summed E-state index contributed by atoms with van der Waals surface area (Å²) in [5.41, 5.74) is 2.49. The van der Waals surface area contributed by atoms with Crippen molar-refractivity contribution in [1.82, 2.24) is 0 Å². The summed E-state index contributed by atoms with van der Waals surface area (Å²) in [7, 11) is 2.24. The molecular formula is C26H37N2O3+. The van der Waals surface area contributed by atoms with Gasteiger partial charge in [-0.25, -0.2) is 0 Å². The van der Waals surface area contributed by atoms with Crippen molar-refractivity contribution in [1.29, 1.82) is 0 Å². The average Bonchev–Trinajstić information content (AvgIpc) is 3.18. The Morgan fingerprint density at radius 1 is 1.19 bits per heavy atom. The summed E-state index contributed by atoms with van der Waals surface area (Å²) in [6.07, 6.45) is 6.30. The lowest BCUT2D eigenvalue weighted by molar-refractivity contribution is -1.04. The number of aliphatic hydroxyl groups excluding tert-OH is 2. The SMILES string of the molecule is CC[C@H]1[C@@H]2C[C@H]3[C@@H]4N(C)c5ccccc5[C@@]45C[C@@H]([C@@H]2[C@@H]5O)[N@@+]3(C[C@@H]2CCCCO2)[C@@H]1O. The topological polar surface area (TPSA) is 52.9 Å². The van der Waals surface area contributed by atoms with Crippen molar-refractivity contribution in [3.63, 3.8) is 0 Å². The predicted octanol–water partition coefficient (Wildman–Crippen LogP) is 2.64. The molecule has 11 atom stereocenters. The summed E-state index contributed by atoms with van der Waals surface area (Å²) >= 11 is 0. The van der Waals surface area contributed by atoms with Crippen molar-refractivity contribution < 1.29 is 19.4 Å². The molecule has 0 unspecified atom stereocenters. The van der Waals surface area contributed by atoms with Gasteiger partial charge in [0.25, 0.3) is 0 Å². The van der Waals surface area contributed by atoms with Crippen LogP contribution >= 0.6 is 0 Å². The van der Waals surface area contributed by atoms with Crippen LogP contribution in [0.15, 0.2) is 24.3 Å². The highest BCUT2D eigenvalue weighted by Crippen LogP contribution is 2.71. The number of rotatable bonds is 3. The van der Waals surface area contributed by atoms with Crippen LogP contribution in [-0.4, -0.2) is 71.5 Å². The van der Waals surface area contributed by atoms with Crippen LogP contribution in [0, 0.1) is 17.8 Å². The summed E-state index contributed by atoms with van der Waals surface area (Å²) in [5, 5.41) is 24.1. The Labute approximate surface area is 185 Å². The van der Waals surface area contributed by atoms with E-state index >= 15 is 0 Å². The Hall–Kier alpha value is -1.14. The van der Waals surface area contributed by atoms with E-state index in [4.69, 9.17) is 4.74 Å². The molecule has 31 heavy (non-hydrogen) atoms. The lowest BCUT2D eigenvalue weighted by Gasteiger charge is -2.68. The zero-order chi connectivity index (χ0) is 21.1. The van der Waals surface area contributed by atoms with Gasteiger partial charge in [-0.3, -0.25) is 4.48 Å². The van der Waals surface area contributed by atoms with Crippen LogP contribution in [0.1, 0.15) is 51.0 Å². The van der Waals surface area contributed by atoms with Gasteiger partial charge < -0.3 is 19.8 Å². The second-order valence-corrected chi connectivity index (χ2v) is 11.5. The maximum atomic E-state index is 12.1. The molecule has 6 fully saturated rings. The lowest BCUT2D eigenvalue weighted by Crippen LogP contribution is -2.83. The first-order valence-corrected chi connectivity index (χ1v) is 12.7. The molecule has 6 aliphatic heterocycles. The summed E-state index contributed by atoms with van der Waals surface area (Å²) < 4.78 is 7.08. The highest BCUT2D eigenvalue weighted by molar-refractivity contribution is 5.66. The maximum absolute atomic E-state index is 12.1. The molecule has 5 nitrogen and oxygen atoms in total. The molecule has 1 aromatic carbocycles. The van der Waals surface area contributed by atoms with E-state index in [1.54, 1.807) is 0 Å². The molecular weight excluding hydrogens is 388 g/mol. The molecule has 0 amide bonds. The number of fused-ring (bicyclic) bond motifs is 2. The second kappa shape index (κ2) is 6.25. The van der Waals surface area contributed by atoms with E-state index in [1.807, 2.05) is 0 Å². The third-order valence-corrected chi connectivity index (χ3v) is 10.9. The van der Waals surface area contributed by atoms with Crippen molar-refractivity contribution in [2.24, 2.45) is 17.8 Å². The largest absolute Gasteiger partial charge is 0.392 e. The Kier molecular flexibility index (Phi) is 3.90. The standard InChI is InChI=1S/C26H37N2O3/c1-3-16-17-12-20-23-26(18-9-4-5-10-19(18)27(23)2)13-21(22(17)24(26)29)28(20,25(16)30)14-15-8-6-7-11-31-15/h4-5,9-10,15-17,20-25,29-30H,3,6-8,11-14H2,1-2H3/q+1/t15-,16-,17-,20-,21-,22+,23-,24-,25+,26-,28-/m0/s1. The Bertz CT molecular complexity index is 902. The molecule has 1 saturated carbocycles. The fourth-order valence-electron chi connectivity index (χ4n) is 10.1. The smallest absolute Gasteiger partial charge is 0.194 e. The number of anilines is 1. The molecule has 0 radical (unpaired) electrons. The molecule has 5 bridgehead atoms. The molecule has 6 heterocycles. The molecule has 1 spiro atoms. The minimum absolute atomic E-state index is 0.169. The summed E-state index contributed by atoms with van der Waals surface area (Å²) in [5.74, 6) is 1.05. The van der Waals surface area contributed by atoms with Crippen molar-refractivity contribution in [2.75, 3.05) is 25.1 Å². The lowest BCUT2D eigenvalue weighted by atomic mass is 9.60. The zero-order valence-corrected chi connectivity index (χ0v) is 18.9. The quantitative estimate of drug-likeness (QED) is 0.731. The van der Waals surface area contributed by atoms with Gasteiger partial charge in [0.05, 0.1) is 23.6 Å². The fraction of sp³-hybridized carbons (Fsp3) is 0.769. The van der Waals surface area contributed by atoms with E-state index in [0.29, 0.717) is 29.8 Å². The van der Waals surface area contributed by atoms with E-state index in [-0.39, 0.29) is 29.9 Å². The zero-order valence-electron chi connectivity index (χ0n) is 18.9. The van der Waals surface area contributed by atoms with Crippen LogP contribution in [-0.2, 0) is 10.2 Å². The van der Waals surface area contributed by atoms with Crippen molar-refractivity contribution in [2.45, 2.75) is 87.4 Å². The van der Waals surface area contributed by atoms with E-state index in [0.717, 1.165) is 49.7 Å². The molecule has 168 valence electrons. The van der Waals surface area contributed by atoms with Crippen LogP contribution in [0.25, 0.3) is 0 Å². The molecule has 5 saturated heterocycles. The van der Waals surface area contributed by atoms with Gasteiger partial charge in [0, 0.05) is 44.0 Å². The molecule has 1 aliphatic carbocycles. The molecule has 7 aliphatic rings.